The Labute approximate surface area is 182 Å². The molecule has 9 heteroatoms. The highest BCUT2D eigenvalue weighted by atomic mass is 19.1. The Morgan fingerprint density at radius 2 is 1.91 bits per heavy atom. The summed E-state index contributed by atoms with van der Waals surface area (Å²) in [6, 6.07) is 8.07. The lowest BCUT2D eigenvalue weighted by molar-refractivity contribution is -0.120. The summed E-state index contributed by atoms with van der Waals surface area (Å²) >= 11 is 0. The monoisotopic (exact) mass is 437 g/mol. The van der Waals surface area contributed by atoms with Crippen LogP contribution in [-0.2, 0) is 10.3 Å². The zero-order valence-corrected chi connectivity index (χ0v) is 17.3. The molecule has 1 aromatic carbocycles. The number of rotatable bonds is 4. The van der Waals surface area contributed by atoms with Crippen molar-refractivity contribution in [3.63, 3.8) is 0 Å². The fourth-order valence-electron chi connectivity index (χ4n) is 4.31. The van der Waals surface area contributed by atoms with E-state index in [4.69, 9.17) is 0 Å². The molecule has 3 amide bonds. The summed E-state index contributed by atoms with van der Waals surface area (Å²) < 4.78 is 29.0. The molecule has 2 fully saturated rings. The van der Waals surface area contributed by atoms with E-state index in [0.29, 0.717) is 24.1 Å². The van der Waals surface area contributed by atoms with Gasteiger partial charge in [0.2, 0.25) is 5.91 Å². The third-order valence-electron chi connectivity index (χ3n) is 6.11. The normalized spacial score (nSPS) is 21.3. The van der Waals surface area contributed by atoms with Crippen molar-refractivity contribution < 1.29 is 18.4 Å². The molecule has 0 unspecified atom stereocenters. The highest BCUT2D eigenvalue weighted by molar-refractivity contribution is 5.90. The van der Waals surface area contributed by atoms with Gasteiger partial charge >= 0.3 is 6.03 Å². The van der Waals surface area contributed by atoms with Gasteiger partial charge in [0.25, 0.3) is 0 Å². The number of nitrogens with zero attached hydrogens (tertiary/aromatic N) is 2. The second-order valence-electron chi connectivity index (χ2n) is 8.39. The van der Waals surface area contributed by atoms with Gasteiger partial charge in [0, 0.05) is 24.2 Å². The zero-order chi connectivity index (χ0) is 22.5. The molecule has 1 saturated heterocycles. The molecule has 0 spiro atoms. The number of halogens is 2. The first kappa shape index (κ1) is 20.3. The first-order valence-electron chi connectivity index (χ1n) is 10.4. The number of amides is 3. The maximum absolute atomic E-state index is 14.5. The van der Waals surface area contributed by atoms with Gasteiger partial charge in [-0.3, -0.25) is 9.78 Å². The van der Waals surface area contributed by atoms with Crippen molar-refractivity contribution in [2.24, 2.45) is 0 Å². The van der Waals surface area contributed by atoms with Gasteiger partial charge in [0.1, 0.15) is 17.7 Å². The van der Waals surface area contributed by atoms with Gasteiger partial charge in [-0.1, -0.05) is 0 Å². The van der Waals surface area contributed by atoms with E-state index < -0.39 is 41.1 Å². The summed E-state index contributed by atoms with van der Waals surface area (Å²) in [4.78, 5) is 34.0. The summed E-state index contributed by atoms with van der Waals surface area (Å²) in [6.45, 7) is 1.62. The molecule has 1 aliphatic heterocycles. The largest absolute Gasteiger partial charge is 0.354 e. The molecule has 3 aromatic rings. The van der Waals surface area contributed by atoms with Crippen LogP contribution in [0.5, 0.6) is 0 Å². The standard InChI is InChI=1S/C23H21F2N5O2/c1-12-9-14(24)19(15(25)10-12)13-11-27-21(31)20(13)29-22(32)30-23(6-7-23)18-5-4-16-17(28-18)3-2-8-26-16/h2-5,8-10,13,20H,6-7,11H2,1H3,(H,27,31)(H2,29,30,32)/t13-,20-/m0/s1. The van der Waals surface area contributed by atoms with Crippen LogP contribution in [0.2, 0.25) is 0 Å². The summed E-state index contributed by atoms with van der Waals surface area (Å²) in [5.41, 5.74) is 1.78. The Balaban J connectivity index is 1.35. The van der Waals surface area contributed by atoms with Crippen LogP contribution in [0.1, 0.15) is 35.6 Å². The topological polar surface area (TPSA) is 96.0 Å². The number of hydrogen-bond acceptors (Lipinski definition) is 4. The molecule has 32 heavy (non-hydrogen) atoms. The number of carbonyl (C=O) groups excluding carboxylic acids is 2. The van der Waals surface area contributed by atoms with Crippen molar-refractivity contribution in [2.45, 2.75) is 37.3 Å². The van der Waals surface area contributed by atoms with Crippen LogP contribution < -0.4 is 16.0 Å². The molecular formula is C23H21F2N5O2. The molecule has 5 rings (SSSR count). The molecule has 3 heterocycles. The Bertz CT molecular complexity index is 1220. The van der Waals surface area contributed by atoms with E-state index in [0.717, 1.165) is 11.0 Å². The molecular weight excluding hydrogens is 416 g/mol. The van der Waals surface area contributed by atoms with Crippen molar-refractivity contribution in [2.75, 3.05) is 6.54 Å². The fourth-order valence-corrected chi connectivity index (χ4v) is 4.31. The number of carbonyl (C=O) groups is 2. The Kier molecular flexibility index (Phi) is 4.76. The highest BCUT2D eigenvalue weighted by Crippen LogP contribution is 2.45. The van der Waals surface area contributed by atoms with Crippen LogP contribution in [0.4, 0.5) is 13.6 Å². The van der Waals surface area contributed by atoms with Gasteiger partial charge < -0.3 is 16.0 Å². The predicted octanol–water partition coefficient (Wildman–Crippen LogP) is 2.79. The van der Waals surface area contributed by atoms with E-state index in [1.54, 1.807) is 19.2 Å². The number of pyridine rings is 2. The van der Waals surface area contributed by atoms with Gasteiger partial charge in [0.15, 0.2) is 0 Å². The van der Waals surface area contributed by atoms with Crippen molar-refractivity contribution in [1.82, 2.24) is 25.9 Å². The number of aryl methyl sites for hydroxylation is 1. The molecule has 1 saturated carbocycles. The summed E-state index contributed by atoms with van der Waals surface area (Å²) in [5, 5.41) is 8.11. The number of hydrogen-bond donors (Lipinski definition) is 3. The van der Waals surface area contributed by atoms with Crippen LogP contribution >= 0.6 is 0 Å². The molecule has 3 N–H and O–H groups in total. The minimum absolute atomic E-state index is 0.0328. The third kappa shape index (κ3) is 3.53. The maximum Gasteiger partial charge on any atom is 0.316 e. The van der Waals surface area contributed by atoms with Gasteiger partial charge in [0.05, 0.1) is 22.3 Å². The average molecular weight is 437 g/mol. The second-order valence-corrected chi connectivity index (χ2v) is 8.39. The van der Waals surface area contributed by atoms with Crippen LogP contribution in [0.25, 0.3) is 11.0 Å². The molecule has 0 radical (unpaired) electrons. The lowest BCUT2D eigenvalue weighted by Gasteiger charge is -2.23. The van der Waals surface area contributed by atoms with E-state index in [1.807, 2.05) is 18.2 Å². The van der Waals surface area contributed by atoms with E-state index in [1.165, 1.54) is 12.1 Å². The quantitative estimate of drug-likeness (QED) is 0.585. The third-order valence-corrected chi connectivity index (χ3v) is 6.11. The predicted molar refractivity (Wildman–Crippen MR) is 113 cm³/mol. The zero-order valence-electron chi connectivity index (χ0n) is 17.3. The first-order chi connectivity index (χ1) is 15.4. The number of benzene rings is 1. The Morgan fingerprint density at radius 3 is 2.62 bits per heavy atom. The van der Waals surface area contributed by atoms with Crippen LogP contribution in [0, 0.1) is 18.6 Å². The van der Waals surface area contributed by atoms with Gasteiger partial charge in [-0.25, -0.2) is 18.6 Å². The summed E-state index contributed by atoms with van der Waals surface area (Å²) in [5.74, 6) is -2.80. The number of nitrogens with one attached hydrogen (secondary N) is 3. The van der Waals surface area contributed by atoms with E-state index >= 15 is 0 Å². The van der Waals surface area contributed by atoms with Crippen LogP contribution in [0.3, 0.4) is 0 Å². The number of urea groups is 1. The van der Waals surface area contributed by atoms with Crippen LogP contribution in [-0.4, -0.2) is 34.5 Å². The summed E-state index contributed by atoms with van der Waals surface area (Å²) in [7, 11) is 0. The minimum atomic E-state index is -1.09. The SMILES string of the molecule is Cc1cc(F)c([C@@H]2CNC(=O)[C@H]2NC(=O)NC2(c3ccc4ncccc4n3)CC2)c(F)c1. The molecule has 7 nitrogen and oxygen atoms in total. The lowest BCUT2D eigenvalue weighted by Crippen LogP contribution is -2.50. The van der Waals surface area contributed by atoms with Gasteiger partial charge in [-0.05, 0) is 61.7 Å². The smallest absolute Gasteiger partial charge is 0.316 e. The Morgan fingerprint density at radius 1 is 1.16 bits per heavy atom. The van der Waals surface area contributed by atoms with E-state index in [9.17, 15) is 18.4 Å². The number of fused-ring (bicyclic) bond motifs is 1. The van der Waals surface area contributed by atoms with E-state index in [-0.39, 0.29) is 12.1 Å². The van der Waals surface area contributed by atoms with E-state index in [2.05, 4.69) is 25.9 Å². The van der Waals surface area contributed by atoms with Gasteiger partial charge in [-0.15, -0.1) is 0 Å². The van der Waals surface area contributed by atoms with Crippen molar-refractivity contribution in [3.8, 4) is 0 Å². The molecule has 2 aliphatic rings. The second kappa shape index (κ2) is 7.51. The summed E-state index contributed by atoms with van der Waals surface area (Å²) in [6.07, 6.45) is 3.08. The van der Waals surface area contributed by atoms with Crippen LogP contribution in [0.15, 0.2) is 42.6 Å². The van der Waals surface area contributed by atoms with Gasteiger partial charge in [-0.2, -0.15) is 0 Å². The minimum Gasteiger partial charge on any atom is -0.354 e. The molecule has 2 aromatic heterocycles. The molecule has 1 aliphatic carbocycles. The first-order valence-corrected chi connectivity index (χ1v) is 10.4. The highest BCUT2D eigenvalue weighted by Gasteiger charge is 2.48. The fraction of sp³-hybridized carbons (Fsp3) is 0.304. The maximum atomic E-state index is 14.5. The number of aromatic nitrogens is 2. The van der Waals surface area contributed by atoms with Crippen molar-refractivity contribution in [1.29, 1.82) is 0 Å². The van der Waals surface area contributed by atoms with Crippen molar-refractivity contribution >= 4 is 23.0 Å². The Hall–Kier alpha value is -3.62. The molecule has 0 bridgehead atoms. The van der Waals surface area contributed by atoms with Crippen molar-refractivity contribution in [3.05, 3.63) is 71.1 Å². The molecule has 164 valence electrons. The molecule has 2 atom stereocenters. The average Bonchev–Trinajstić information content (AvgIpc) is 3.45. The lowest BCUT2D eigenvalue weighted by atomic mass is 9.92.